The van der Waals surface area contributed by atoms with Crippen LogP contribution in [0.5, 0.6) is 5.75 Å². The van der Waals surface area contributed by atoms with Gasteiger partial charge in [0.05, 0.1) is 12.7 Å². The number of carbonyl (C=O) groups excluding carboxylic acids is 1. The van der Waals surface area contributed by atoms with Crippen LogP contribution in [0.4, 0.5) is 0 Å². The second kappa shape index (κ2) is 5.19. The first-order valence-electron chi connectivity index (χ1n) is 4.30. The summed E-state index contributed by atoms with van der Waals surface area (Å²) in [6.45, 7) is 2.51. The quantitative estimate of drug-likeness (QED) is 0.868. The number of hydrogen-bond donors (Lipinski definition) is 1. The third kappa shape index (κ3) is 2.60. The molecule has 0 aromatic heterocycles. The van der Waals surface area contributed by atoms with Crippen molar-refractivity contribution in [1.82, 2.24) is 5.32 Å². The van der Waals surface area contributed by atoms with Gasteiger partial charge in [-0.15, -0.1) is 0 Å². The first-order chi connectivity index (χ1) is 6.69. The predicted molar refractivity (Wildman–Crippen MR) is 63.7 cm³/mol. The van der Waals surface area contributed by atoms with E-state index in [9.17, 15) is 4.79 Å². The molecule has 0 aliphatic carbocycles. The van der Waals surface area contributed by atoms with Crippen molar-refractivity contribution in [2.24, 2.45) is 0 Å². The number of halogens is 1. The van der Waals surface area contributed by atoms with Crippen LogP contribution in [0.1, 0.15) is 17.3 Å². The molecule has 0 unspecified atom stereocenters. The second-order valence-electron chi connectivity index (χ2n) is 2.70. The molecule has 1 amide bonds. The molecule has 0 radical (unpaired) electrons. The average Bonchev–Trinajstić information content (AvgIpc) is 2.18. The van der Waals surface area contributed by atoms with E-state index >= 15 is 0 Å². The standard InChI is InChI=1S/C10H12INO2/c1-3-12-10(13)8-6-7(11)4-5-9(8)14-2/h4-6H,3H2,1-2H3,(H,12,13). The molecule has 0 spiro atoms. The summed E-state index contributed by atoms with van der Waals surface area (Å²) in [5.41, 5.74) is 0.584. The lowest BCUT2D eigenvalue weighted by Crippen LogP contribution is -2.23. The molecule has 1 aromatic carbocycles. The van der Waals surface area contributed by atoms with Crippen LogP contribution in [0.15, 0.2) is 18.2 Å². The van der Waals surface area contributed by atoms with Crippen molar-refractivity contribution >= 4 is 28.5 Å². The van der Waals surface area contributed by atoms with Crippen LogP contribution in [0.3, 0.4) is 0 Å². The summed E-state index contributed by atoms with van der Waals surface area (Å²) in [5, 5.41) is 2.74. The highest BCUT2D eigenvalue weighted by molar-refractivity contribution is 14.1. The molecule has 14 heavy (non-hydrogen) atoms. The fourth-order valence-electron chi connectivity index (χ4n) is 1.11. The van der Waals surface area contributed by atoms with Gasteiger partial charge in [0.15, 0.2) is 0 Å². The van der Waals surface area contributed by atoms with E-state index in [1.807, 2.05) is 19.1 Å². The Balaban J connectivity index is 3.03. The Morgan fingerprint density at radius 1 is 1.57 bits per heavy atom. The van der Waals surface area contributed by atoms with Gasteiger partial charge < -0.3 is 10.1 Å². The Bertz CT molecular complexity index is 339. The molecule has 3 nitrogen and oxygen atoms in total. The lowest BCUT2D eigenvalue weighted by Gasteiger charge is -2.08. The Labute approximate surface area is 97.0 Å². The number of amides is 1. The Morgan fingerprint density at radius 3 is 2.86 bits per heavy atom. The van der Waals surface area contributed by atoms with Crippen LogP contribution in [-0.4, -0.2) is 19.6 Å². The minimum absolute atomic E-state index is 0.0946. The SMILES string of the molecule is CCNC(=O)c1cc(I)ccc1OC. The lowest BCUT2D eigenvalue weighted by molar-refractivity contribution is 0.0952. The van der Waals surface area contributed by atoms with E-state index in [1.54, 1.807) is 13.2 Å². The van der Waals surface area contributed by atoms with Gasteiger partial charge in [0.25, 0.3) is 5.91 Å². The van der Waals surface area contributed by atoms with Crippen molar-refractivity contribution in [2.75, 3.05) is 13.7 Å². The molecule has 0 atom stereocenters. The predicted octanol–water partition coefficient (Wildman–Crippen LogP) is 2.05. The molecule has 76 valence electrons. The van der Waals surface area contributed by atoms with Crippen LogP contribution >= 0.6 is 22.6 Å². The molecule has 0 saturated heterocycles. The van der Waals surface area contributed by atoms with Crippen LogP contribution < -0.4 is 10.1 Å². The van der Waals surface area contributed by atoms with E-state index in [0.717, 1.165) is 3.57 Å². The van der Waals surface area contributed by atoms with Crippen molar-refractivity contribution in [3.05, 3.63) is 27.3 Å². The van der Waals surface area contributed by atoms with E-state index in [4.69, 9.17) is 4.74 Å². The molecule has 0 aliphatic heterocycles. The lowest BCUT2D eigenvalue weighted by atomic mass is 10.2. The zero-order valence-corrected chi connectivity index (χ0v) is 10.3. The number of rotatable bonds is 3. The van der Waals surface area contributed by atoms with Gasteiger partial charge in [0, 0.05) is 10.1 Å². The first-order valence-corrected chi connectivity index (χ1v) is 5.38. The summed E-state index contributed by atoms with van der Waals surface area (Å²) in [5.74, 6) is 0.513. The van der Waals surface area contributed by atoms with E-state index in [1.165, 1.54) is 0 Å². The third-order valence-corrected chi connectivity index (χ3v) is 2.41. The van der Waals surface area contributed by atoms with Gasteiger partial charge in [0.1, 0.15) is 5.75 Å². The van der Waals surface area contributed by atoms with Crippen LogP contribution in [-0.2, 0) is 0 Å². The molecule has 0 saturated carbocycles. The summed E-state index contributed by atoms with van der Waals surface area (Å²) in [4.78, 5) is 11.6. The monoisotopic (exact) mass is 305 g/mol. The molecular weight excluding hydrogens is 293 g/mol. The van der Waals surface area contributed by atoms with Crippen LogP contribution in [0.25, 0.3) is 0 Å². The van der Waals surface area contributed by atoms with Gasteiger partial charge in [-0.2, -0.15) is 0 Å². The maximum Gasteiger partial charge on any atom is 0.255 e. The molecule has 0 bridgehead atoms. The van der Waals surface area contributed by atoms with Gasteiger partial charge >= 0.3 is 0 Å². The summed E-state index contributed by atoms with van der Waals surface area (Å²) in [6.07, 6.45) is 0. The molecule has 1 N–H and O–H groups in total. The van der Waals surface area contributed by atoms with E-state index in [0.29, 0.717) is 17.9 Å². The van der Waals surface area contributed by atoms with Gasteiger partial charge in [-0.05, 0) is 47.7 Å². The number of nitrogens with one attached hydrogen (secondary N) is 1. The summed E-state index contributed by atoms with van der Waals surface area (Å²) < 4.78 is 6.12. The largest absolute Gasteiger partial charge is 0.496 e. The van der Waals surface area contributed by atoms with Crippen molar-refractivity contribution in [1.29, 1.82) is 0 Å². The molecule has 0 heterocycles. The summed E-state index contributed by atoms with van der Waals surface area (Å²) in [6, 6.07) is 5.51. The fraction of sp³-hybridized carbons (Fsp3) is 0.300. The highest BCUT2D eigenvalue weighted by Gasteiger charge is 2.11. The smallest absolute Gasteiger partial charge is 0.255 e. The normalized spacial score (nSPS) is 9.64. The first kappa shape index (κ1) is 11.3. The van der Waals surface area contributed by atoms with Gasteiger partial charge in [0.2, 0.25) is 0 Å². The van der Waals surface area contributed by atoms with Crippen LogP contribution in [0, 0.1) is 3.57 Å². The minimum atomic E-state index is -0.0946. The van der Waals surface area contributed by atoms with Crippen molar-refractivity contribution in [3.8, 4) is 5.75 Å². The number of carbonyl (C=O) groups is 1. The van der Waals surface area contributed by atoms with Crippen molar-refractivity contribution in [2.45, 2.75) is 6.92 Å². The topological polar surface area (TPSA) is 38.3 Å². The molecule has 0 fully saturated rings. The molecule has 1 aromatic rings. The van der Waals surface area contributed by atoms with E-state index < -0.39 is 0 Å². The fourth-order valence-corrected chi connectivity index (χ4v) is 1.60. The highest BCUT2D eigenvalue weighted by Crippen LogP contribution is 2.20. The number of methoxy groups -OCH3 is 1. The van der Waals surface area contributed by atoms with E-state index in [-0.39, 0.29) is 5.91 Å². The van der Waals surface area contributed by atoms with Crippen molar-refractivity contribution < 1.29 is 9.53 Å². The molecule has 0 aliphatic rings. The minimum Gasteiger partial charge on any atom is -0.496 e. The van der Waals surface area contributed by atoms with Crippen molar-refractivity contribution in [3.63, 3.8) is 0 Å². The summed E-state index contributed by atoms with van der Waals surface area (Å²) >= 11 is 2.16. The maximum absolute atomic E-state index is 11.6. The zero-order valence-electron chi connectivity index (χ0n) is 8.13. The van der Waals surface area contributed by atoms with Gasteiger partial charge in [-0.25, -0.2) is 0 Å². The maximum atomic E-state index is 11.6. The number of benzene rings is 1. The van der Waals surface area contributed by atoms with Crippen LogP contribution in [0.2, 0.25) is 0 Å². The number of hydrogen-bond acceptors (Lipinski definition) is 2. The zero-order chi connectivity index (χ0) is 10.6. The second-order valence-corrected chi connectivity index (χ2v) is 3.95. The molecule has 1 rings (SSSR count). The molecule has 4 heteroatoms. The average molecular weight is 305 g/mol. The highest BCUT2D eigenvalue weighted by atomic mass is 127. The number of ether oxygens (including phenoxy) is 1. The molecular formula is C10H12INO2. The Hall–Kier alpha value is -0.780. The third-order valence-electron chi connectivity index (χ3n) is 1.74. The van der Waals surface area contributed by atoms with Gasteiger partial charge in [-0.1, -0.05) is 0 Å². The summed E-state index contributed by atoms with van der Waals surface area (Å²) in [7, 11) is 1.56. The Morgan fingerprint density at radius 2 is 2.29 bits per heavy atom. The van der Waals surface area contributed by atoms with E-state index in [2.05, 4.69) is 27.9 Å². The Kier molecular flexibility index (Phi) is 4.19. The van der Waals surface area contributed by atoms with Gasteiger partial charge in [-0.3, -0.25) is 4.79 Å².